The average molecular weight is 482 g/mol. The first-order chi connectivity index (χ1) is 14.7. The van der Waals surface area contributed by atoms with Gasteiger partial charge in [0.15, 0.2) is 18.5 Å². The molecule has 1 saturated heterocycles. The minimum atomic E-state index is -4.73. The average Bonchev–Trinajstić information content (AvgIpc) is 2.98. The van der Waals surface area contributed by atoms with E-state index >= 15 is 0 Å². The number of phosphoric acid groups is 1. The van der Waals surface area contributed by atoms with Crippen LogP contribution < -0.4 is 16.0 Å². The molecular weight excluding hydrogens is 457 g/mol. The van der Waals surface area contributed by atoms with Crippen molar-refractivity contribution in [2.24, 2.45) is 11.5 Å². The predicted molar refractivity (Wildman–Crippen MR) is 102 cm³/mol. The van der Waals surface area contributed by atoms with E-state index in [-0.39, 0.29) is 18.4 Å². The highest BCUT2D eigenvalue weighted by Crippen LogP contribution is 2.37. The fourth-order valence-corrected chi connectivity index (χ4v) is 2.82. The van der Waals surface area contributed by atoms with Gasteiger partial charge >= 0.3 is 19.8 Å². The maximum Gasteiger partial charge on any atom is 0.469 e. The second-order valence-electron chi connectivity index (χ2n) is 6.63. The van der Waals surface area contributed by atoms with Crippen LogP contribution in [0.3, 0.4) is 0 Å². The number of nitrogens with two attached hydrogens (primary N) is 2. The van der Waals surface area contributed by atoms with Crippen LogP contribution >= 0.6 is 7.82 Å². The molecule has 0 unspecified atom stereocenters. The first-order valence-electron chi connectivity index (χ1n) is 8.95. The molecule has 1 aromatic heterocycles. The zero-order valence-corrected chi connectivity index (χ0v) is 17.4. The van der Waals surface area contributed by atoms with Gasteiger partial charge in [-0.3, -0.25) is 14.1 Å². The van der Waals surface area contributed by atoms with Gasteiger partial charge in [-0.25, -0.2) is 9.36 Å². The van der Waals surface area contributed by atoms with Crippen molar-refractivity contribution in [2.75, 3.05) is 6.61 Å². The lowest BCUT2D eigenvalue weighted by Gasteiger charge is -2.13. The summed E-state index contributed by atoms with van der Waals surface area (Å²) in [5.74, 6) is -2.82. The van der Waals surface area contributed by atoms with E-state index < -0.39 is 62.9 Å². The normalized spacial score (nSPS) is 23.7. The third-order valence-electron chi connectivity index (χ3n) is 4.13. The minimum absolute atomic E-state index is 0.0213. The molecule has 0 radical (unpaired) electrons. The topological polar surface area (TPSA) is 264 Å². The van der Waals surface area contributed by atoms with E-state index in [4.69, 9.17) is 36.2 Å². The van der Waals surface area contributed by atoms with Crippen LogP contribution in [-0.2, 0) is 23.4 Å². The molecule has 15 nitrogen and oxygen atoms in total. The number of nitrogens with zero attached hydrogens (tertiary/aromatic N) is 1. The Balaban J connectivity index is 0.000000433. The number of ether oxygens (including phenoxy) is 1. The summed E-state index contributed by atoms with van der Waals surface area (Å²) in [7, 11) is -4.73. The molecule has 1 aliphatic rings. The summed E-state index contributed by atoms with van der Waals surface area (Å²) >= 11 is 0. The first kappa shape index (κ1) is 27.5. The maximum absolute atomic E-state index is 10.9. The van der Waals surface area contributed by atoms with Crippen molar-refractivity contribution in [3.8, 4) is 0 Å². The molecule has 10 N–H and O–H groups in total. The van der Waals surface area contributed by atoms with Gasteiger partial charge in [0.05, 0.1) is 6.61 Å². The molecule has 0 bridgehead atoms. The monoisotopic (exact) mass is 482 g/mol. The SMILES string of the molecule is NC(=O)CC[C@H](N)C(=O)O.O=C(O)c1ccc[n+]([C@@H]2O[C@H](COP(=O)(O)O)[C@@H](O)[C@H]2O)c1. The Morgan fingerprint density at radius 1 is 1.22 bits per heavy atom. The van der Waals surface area contributed by atoms with Crippen molar-refractivity contribution in [1.29, 1.82) is 0 Å². The molecular formula is C16H25N3O12P+. The van der Waals surface area contributed by atoms with E-state index in [1.54, 1.807) is 0 Å². The summed E-state index contributed by atoms with van der Waals surface area (Å²) < 4.78 is 21.4. The van der Waals surface area contributed by atoms with Crippen molar-refractivity contribution in [3.05, 3.63) is 30.1 Å². The van der Waals surface area contributed by atoms with Crippen molar-refractivity contribution < 1.29 is 63.0 Å². The molecule has 16 heteroatoms. The van der Waals surface area contributed by atoms with Crippen LogP contribution in [0.1, 0.15) is 29.4 Å². The third-order valence-corrected chi connectivity index (χ3v) is 4.61. The minimum Gasteiger partial charge on any atom is -0.480 e. The molecule has 5 atom stereocenters. The number of carbonyl (C=O) groups excluding carboxylic acids is 1. The van der Waals surface area contributed by atoms with Crippen molar-refractivity contribution in [2.45, 2.75) is 43.4 Å². The number of aliphatic hydroxyl groups is 2. The van der Waals surface area contributed by atoms with Crippen LogP contribution in [0.5, 0.6) is 0 Å². The summed E-state index contributed by atoms with van der Waals surface area (Å²) in [4.78, 5) is 48.3. The first-order valence-corrected chi connectivity index (χ1v) is 10.5. The van der Waals surface area contributed by atoms with E-state index in [1.165, 1.54) is 29.1 Å². The van der Waals surface area contributed by atoms with Gasteiger partial charge in [0.1, 0.15) is 23.8 Å². The standard InChI is InChI=1S/C11H14NO9P.C5H10N2O3/c13-8-7(5-20-22(17,18)19)21-10(9(8)14)12-3-1-2-6(4-12)11(15)16;6-3(5(9)10)1-2-4(7)8/h1-4,7-10,13-14H,5H2,(H2-,15,16,17,18,19);3H,1-2,6H2,(H2,7,8)(H,9,10)/p+1/t7-,8-,9-,10-;3-/m10/s1. The summed E-state index contributed by atoms with van der Waals surface area (Å²) in [6.07, 6.45) is -2.39. The number of aliphatic hydroxyl groups excluding tert-OH is 2. The molecule has 1 fully saturated rings. The van der Waals surface area contributed by atoms with Gasteiger partial charge in [-0.2, -0.15) is 4.57 Å². The number of carboxylic acids is 2. The van der Waals surface area contributed by atoms with Crippen LogP contribution in [0, 0.1) is 0 Å². The molecule has 180 valence electrons. The van der Waals surface area contributed by atoms with E-state index in [9.17, 15) is 29.2 Å². The number of pyridine rings is 1. The number of primary amides is 1. The van der Waals surface area contributed by atoms with Gasteiger partial charge in [-0.1, -0.05) is 0 Å². The number of hydrogen-bond acceptors (Lipinski definition) is 9. The molecule has 1 aliphatic heterocycles. The van der Waals surface area contributed by atoms with Crippen LogP contribution in [0.25, 0.3) is 0 Å². The van der Waals surface area contributed by atoms with Crippen molar-refractivity contribution >= 4 is 25.7 Å². The Bertz CT molecular complexity index is 862. The highest BCUT2D eigenvalue weighted by Gasteiger charge is 2.48. The second-order valence-corrected chi connectivity index (χ2v) is 7.87. The van der Waals surface area contributed by atoms with E-state index in [2.05, 4.69) is 4.52 Å². The number of aromatic carboxylic acids is 1. The smallest absolute Gasteiger partial charge is 0.469 e. The maximum atomic E-state index is 10.9. The van der Waals surface area contributed by atoms with E-state index in [0.29, 0.717) is 0 Å². The summed E-state index contributed by atoms with van der Waals surface area (Å²) in [6.45, 7) is -0.627. The zero-order valence-electron chi connectivity index (χ0n) is 16.5. The second kappa shape index (κ2) is 11.9. The van der Waals surface area contributed by atoms with E-state index in [1.807, 2.05) is 0 Å². The molecule has 2 rings (SSSR count). The lowest BCUT2D eigenvalue weighted by atomic mass is 10.1. The molecule has 1 amide bonds. The number of carbonyl (C=O) groups is 3. The quantitative estimate of drug-likeness (QED) is 0.129. The Labute approximate surface area is 181 Å². The molecule has 1 aromatic rings. The number of rotatable bonds is 9. The number of phosphoric ester groups is 1. The molecule has 2 heterocycles. The number of aliphatic carboxylic acids is 1. The number of amides is 1. The molecule has 0 saturated carbocycles. The lowest BCUT2D eigenvalue weighted by molar-refractivity contribution is -0.765. The summed E-state index contributed by atoms with van der Waals surface area (Å²) in [6, 6.07) is 1.78. The Hall–Kier alpha value is -2.49. The van der Waals surface area contributed by atoms with Gasteiger partial charge in [0, 0.05) is 12.5 Å². The van der Waals surface area contributed by atoms with Crippen LogP contribution in [0.4, 0.5) is 0 Å². The van der Waals surface area contributed by atoms with Gasteiger partial charge < -0.3 is 46.4 Å². The Morgan fingerprint density at radius 3 is 2.34 bits per heavy atom. The van der Waals surface area contributed by atoms with Crippen LogP contribution in [-0.4, -0.2) is 79.0 Å². The number of aromatic nitrogens is 1. The number of hydrogen-bond donors (Lipinski definition) is 8. The lowest BCUT2D eigenvalue weighted by Crippen LogP contribution is -2.46. The molecule has 0 aliphatic carbocycles. The van der Waals surface area contributed by atoms with Crippen molar-refractivity contribution in [3.63, 3.8) is 0 Å². The van der Waals surface area contributed by atoms with Gasteiger partial charge in [0.25, 0.3) is 6.23 Å². The van der Waals surface area contributed by atoms with Crippen molar-refractivity contribution in [1.82, 2.24) is 0 Å². The highest BCUT2D eigenvalue weighted by molar-refractivity contribution is 7.46. The van der Waals surface area contributed by atoms with Gasteiger partial charge in [-0.05, 0) is 12.5 Å². The fraction of sp³-hybridized carbons (Fsp3) is 0.500. The predicted octanol–water partition coefficient (Wildman–Crippen LogP) is -2.94. The third kappa shape index (κ3) is 8.94. The Morgan fingerprint density at radius 2 is 1.84 bits per heavy atom. The Kier molecular flexibility index (Phi) is 10.3. The highest BCUT2D eigenvalue weighted by atomic mass is 31.2. The largest absolute Gasteiger partial charge is 0.480 e. The zero-order chi connectivity index (χ0) is 24.6. The fourth-order valence-electron chi connectivity index (χ4n) is 2.48. The van der Waals surface area contributed by atoms with Gasteiger partial charge in [0.2, 0.25) is 5.91 Å². The number of carboxylic acid groups (broad SMARTS) is 2. The molecule has 0 spiro atoms. The van der Waals surface area contributed by atoms with Gasteiger partial charge in [-0.15, -0.1) is 0 Å². The van der Waals surface area contributed by atoms with Crippen LogP contribution in [0.2, 0.25) is 0 Å². The van der Waals surface area contributed by atoms with Crippen LogP contribution in [0.15, 0.2) is 24.5 Å². The summed E-state index contributed by atoms with van der Waals surface area (Å²) in [5.41, 5.74) is 9.76. The molecule has 0 aromatic carbocycles. The molecule has 32 heavy (non-hydrogen) atoms. The van der Waals surface area contributed by atoms with E-state index in [0.717, 1.165) is 0 Å². The summed E-state index contributed by atoms with van der Waals surface area (Å²) in [5, 5.41) is 36.9.